The lowest BCUT2D eigenvalue weighted by molar-refractivity contribution is 0.0948. The molecule has 2 heterocycles. The van der Waals surface area contributed by atoms with Gasteiger partial charge < -0.3 is 5.32 Å². The van der Waals surface area contributed by atoms with Crippen LogP contribution < -0.4 is 10.5 Å². The van der Waals surface area contributed by atoms with Crippen molar-refractivity contribution in [1.82, 2.24) is 30.3 Å². The fourth-order valence-corrected chi connectivity index (χ4v) is 4.45. The number of sulfonamides is 1. The topological polar surface area (TPSA) is 146 Å². The molecule has 4 aromatic rings. The molecule has 0 spiro atoms. The summed E-state index contributed by atoms with van der Waals surface area (Å²) >= 11 is 1.31. The third-order valence-corrected chi connectivity index (χ3v) is 6.70. The van der Waals surface area contributed by atoms with Gasteiger partial charge in [-0.2, -0.15) is 0 Å². The van der Waals surface area contributed by atoms with Crippen LogP contribution in [0.25, 0.3) is 5.69 Å². The summed E-state index contributed by atoms with van der Waals surface area (Å²) in [6, 6.07) is 13.5. The van der Waals surface area contributed by atoms with E-state index < -0.39 is 21.7 Å². The minimum atomic E-state index is -3.76. The molecule has 0 atom stereocenters. The molecule has 13 heteroatoms. The summed E-state index contributed by atoms with van der Waals surface area (Å²) in [6.45, 7) is 0.283. The molecule has 1 amide bonds. The predicted octanol–water partition coefficient (Wildman–Crippen LogP) is 2.11. The fourth-order valence-electron chi connectivity index (χ4n) is 3.14. The van der Waals surface area contributed by atoms with Gasteiger partial charge in [-0.1, -0.05) is 29.1 Å². The van der Waals surface area contributed by atoms with Crippen molar-refractivity contribution in [3.8, 4) is 5.69 Å². The van der Waals surface area contributed by atoms with E-state index in [0.717, 1.165) is 5.56 Å². The Bertz CT molecular complexity index is 1410. The van der Waals surface area contributed by atoms with E-state index >= 15 is 0 Å². The average molecular weight is 514 g/mol. The molecule has 4 rings (SSSR count). The number of carbonyl (C=O) groups excluding carboxylic acids is 1. The van der Waals surface area contributed by atoms with Gasteiger partial charge >= 0.3 is 0 Å². The number of thioether (sulfide) groups is 1. The largest absolute Gasteiger partial charge is 0.350 e. The molecule has 0 radical (unpaired) electrons. The SMILES string of the molecule is NS(=O)(=O)c1ccc(CCNC(=O)c2nnn(-c3ccc(F)cc3)c2CSc2ncccn2)cc1. The molecule has 2 aromatic carbocycles. The molecule has 0 aliphatic carbocycles. The maximum atomic E-state index is 13.4. The van der Waals surface area contributed by atoms with E-state index in [0.29, 0.717) is 28.7 Å². The summed E-state index contributed by atoms with van der Waals surface area (Å²) < 4.78 is 37.6. The number of amides is 1. The number of carbonyl (C=O) groups is 1. The van der Waals surface area contributed by atoms with E-state index in [1.807, 2.05) is 0 Å². The quantitative estimate of drug-likeness (QED) is 0.256. The van der Waals surface area contributed by atoms with Gasteiger partial charge in [-0.15, -0.1) is 5.10 Å². The normalized spacial score (nSPS) is 11.4. The highest BCUT2D eigenvalue weighted by atomic mass is 32.2. The Morgan fingerprint density at radius 3 is 2.40 bits per heavy atom. The zero-order chi connectivity index (χ0) is 24.8. The Morgan fingerprint density at radius 2 is 1.74 bits per heavy atom. The minimum absolute atomic E-state index is 0.0206. The first-order chi connectivity index (χ1) is 16.8. The molecule has 0 fully saturated rings. The number of nitrogens with two attached hydrogens (primary N) is 1. The van der Waals surface area contributed by atoms with E-state index in [4.69, 9.17) is 5.14 Å². The molecule has 0 bridgehead atoms. The van der Waals surface area contributed by atoms with Crippen molar-refractivity contribution in [1.29, 1.82) is 0 Å². The van der Waals surface area contributed by atoms with Crippen molar-refractivity contribution < 1.29 is 17.6 Å². The number of hydrogen-bond donors (Lipinski definition) is 2. The summed E-state index contributed by atoms with van der Waals surface area (Å²) in [4.78, 5) is 21.3. The second-order valence-corrected chi connectivity index (χ2v) is 9.79. The lowest BCUT2D eigenvalue weighted by Gasteiger charge is -2.09. The summed E-state index contributed by atoms with van der Waals surface area (Å²) in [6.07, 6.45) is 3.70. The van der Waals surface area contributed by atoms with Gasteiger partial charge in [-0.25, -0.2) is 32.6 Å². The van der Waals surface area contributed by atoms with Crippen molar-refractivity contribution >= 4 is 27.7 Å². The first kappa shape index (κ1) is 24.4. The summed E-state index contributed by atoms with van der Waals surface area (Å²) in [5.74, 6) is -0.520. The molecule has 0 aliphatic heterocycles. The first-order valence-corrected chi connectivity index (χ1v) is 12.8. The van der Waals surface area contributed by atoms with Crippen molar-refractivity contribution in [3.05, 3.63) is 89.8 Å². The molecule has 0 unspecified atom stereocenters. The van der Waals surface area contributed by atoms with Crippen LogP contribution >= 0.6 is 11.8 Å². The number of benzene rings is 2. The van der Waals surface area contributed by atoms with Gasteiger partial charge in [-0.05, 0) is 54.4 Å². The Balaban J connectivity index is 1.49. The third kappa shape index (κ3) is 6.26. The number of hydrogen-bond acceptors (Lipinski definition) is 8. The Hall–Kier alpha value is -3.68. The Morgan fingerprint density at radius 1 is 1.06 bits per heavy atom. The van der Waals surface area contributed by atoms with E-state index in [1.165, 1.54) is 40.7 Å². The second kappa shape index (κ2) is 10.7. The second-order valence-electron chi connectivity index (χ2n) is 7.29. The molecule has 35 heavy (non-hydrogen) atoms. The highest BCUT2D eigenvalue weighted by molar-refractivity contribution is 7.98. The standard InChI is InChI=1S/C22H20FN7O3S2/c23-16-4-6-17(7-5-16)30-19(14-34-22-26-11-1-12-27-22)20(28-29-30)21(31)25-13-10-15-2-8-18(9-3-15)35(24,32)33/h1-9,11-12H,10,13-14H2,(H,25,31)(H2,24,32,33). The van der Waals surface area contributed by atoms with Crippen LogP contribution in [0.1, 0.15) is 21.7 Å². The van der Waals surface area contributed by atoms with Crippen LogP contribution in [-0.4, -0.2) is 45.8 Å². The highest BCUT2D eigenvalue weighted by Gasteiger charge is 2.21. The van der Waals surface area contributed by atoms with Crippen LogP contribution in [0, 0.1) is 5.82 Å². The summed E-state index contributed by atoms with van der Waals surface area (Å²) in [7, 11) is -3.76. The summed E-state index contributed by atoms with van der Waals surface area (Å²) in [5, 5.41) is 16.6. The van der Waals surface area contributed by atoms with Gasteiger partial charge in [0.1, 0.15) is 5.82 Å². The molecule has 0 saturated heterocycles. The number of nitrogens with zero attached hydrogens (tertiary/aromatic N) is 5. The maximum Gasteiger partial charge on any atom is 0.273 e. The molecular formula is C22H20FN7O3S2. The van der Waals surface area contributed by atoms with E-state index in [9.17, 15) is 17.6 Å². The predicted molar refractivity (Wildman–Crippen MR) is 127 cm³/mol. The van der Waals surface area contributed by atoms with Gasteiger partial charge in [0.05, 0.1) is 16.3 Å². The Kier molecular flexibility index (Phi) is 7.48. The van der Waals surface area contributed by atoms with Gasteiger partial charge in [-0.3, -0.25) is 4.79 Å². The van der Waals surface area contributed by atoms with E-state index in [-0.39, 0.29) is 17.1 Å². The lowest BCUT2D eigenvalue weighted by Crippen LogP contribution is -2.27. The zero-order valence-corrected chi connectivity index (χ0v) is 19.8. The van der Waals surface area contributed by atoms with Crippen LogP contribution in [0.2, 0.25) is 0 Å². The Labute approximate surface area is 204 Å². The van der Waals surface area contributed by atoms with Crippen LogP contribution in [0.3, 0.4) is 0 Å². The molecule has 0 saturated carbocycles. The molecule has 10 nitrogen and oxygen atoms in total. The number of rotatable bonds is 9. The monoisotopic (exact) mass is 513 g/mol. The average Bonchev–Trinajstić information content (AvgIpc) is 3.27. The van der Waals surface area contributed by atoms with Crippen LogP contribution in [0.4, 0.5) is 4.39 Å². The molecule has 180 valence electrons. The van der Waals surface area contributed by atoms with Gasteiger partial charge in [0.15, 0.2) is 10.9 Å². The number of primary sulfonamides is 1. The van der Waals surface area contributed by atoms with Crippen LogP contribution in [-0.2, 0) is 22.2 Å². The van der Waals surface area contributed by atoms with Gasteiger partial charge in [0.25, 0.3) is 5.91 Å². The molecular weight excluding hydrogens is 493 g/mol. The fraction of sp³-hybridized carbons (Fsp3) is 0.136. The zero-order valence-electron chi connectivity index (χ0n) is 18.2. The molecule has 2 aromatic heterocycles. The van der Waals surface area contributed by atoms with E-state index in [2.05, 4.69) is 25.6 Å². The van der Waals surface area contributed by atoms with Gasteiger partial charge in [0, 0.05) is 24.7 Å². The van der Waals surface area contributed by atoms with E-state index in [1.54, 1.807) is 42.7 Å². The third-order valence-electron chi connectivity index (χ3n) is 4.88. The van der Waals surface area contributed by atoms with Crippen molar-refractivity contribution in [2.45, 2.75) is 22.2 Å². The lowest BCUT2D eigenvalue weighted by atomic mass is 10.1. The molecule has 3 N–H and O–H groups in total. The van der Waals surface area contributed by atoms with Gasteiger partial charge in [0.2, 0.25) is 10.0 Å². The summed E-state index contributed by atoms with van der Waals surface area (Å²) in [5.41, 5.74) is 2.01. The highest BCUT2D eigenvalue weighted by Crippen LogP contribution is 2.23. The van der Waals surface area contributed by atoms with Crippen molar-refractivity contribution in [2.75, 3.05) is 6.54 Å². The molecule has 0 aliphatic rings. The maximum absolute atomic E-state index is 13.4. The van der Waals surface area contributed by atoms with Crippen molar-refractivity contribution in [2.24, 2.45) is 5.14 Å². The first-order valence-electron chi connectivity index (χ1n) is 10.3. The number of nitrogens with one attached hydrogen (secondary N) is 1. The van der Waals surface area contributed by atoms with Crippen LogP contribution in [0.15, 0.2) is 77.0 Å². The smallest absolute Gasteiger partial charge is 0.273 e. The van der Waals surface area contributed by atoms with Crippen LogP contribution in [0.5, 0.6) is 0 Å². The number of halogens is 1. The minimum Gasteiger partial charge on any atom is -0.350 e. The number of aromatic nitrogens is 5. The van der Waals surface area contributed by atoms with Crippen molar-refractivity contribution in [3.63, 3.8) is 0 Å².